The van der Waals surface area contributed by atoms with Gasteiger partial charge >= 0.3 is 5.97 Å². The summed E-state index contributed by atoms with van der Waals surface area (Å²) < 4.78 is 32.6. The number of hydrogen-bond acceptors (Lipinski definition) is 9. The van der Waals surface area contributed by atoms with Gasteiger partial charge in [-0.2, -0.15) is 5.10 Å². The van der Waals surface area contributed by atoms with Crippen molar-refractivity contribution in [3.63, 3.8) is 0 Å². The molecule has 3 aromatic rings. The van der Waals surface area contributed by atoms with Gasteiger partial charge in [0.1, 0.15) is 5.75 Å². The number of hydrogen-bond donors (Lipinski definition) is 1. The number of esters is 1. The number of methoxy groups -OCH3 is 3. The van der Waals surface area contributed by atoms with Crippen molar-refractivity contribution in [3.8, 4) is 34.5 Å². The van der Waals surface area contributed by atoms with Crippen LogP contribution in [-0.2, 0) is 4.79 Å². The Labute approximate surface area is 231 Å². The van der Waals surface area contributed by atoms with E-state index in [0.717, 1.165) is 5.56 Å². The predicted octanol–water partition coefficient (Wildman–Crippen LogP) is 4.82. The summed E-state index contributed by atoms with van der Waals surface area (Å²) in [6.45, 7) is 3.74. The molecule has 3 rings (SSSR count). The Kier molecular flexibility index (Phi) is 10.4. The minimum Gasteiger partial charge on any atom is -0.493 e. The molecule has 0 radical (unpaired) electrons. The highest BCUT2D eigenvalue weighted by Crippen LogP contribution is 2.39. The minimum atomic E-state index is -0.653. The molecule has 10 nitrogen and oxygen atoms in total. The van der Waals surface area contributed by atoms with Gasteiger partial charge in [0.2, 0.25) is 5.75 Å². The quantitative estimate of drug-likeness (QED) is 0.146. The zero-order valence-electron chi connectivity index (χ0n) is 22.2. The average Bonchev–Trinajstić information content (AvgIpc) is 2.93. The molecule has 0 heterocycles. The zero-order valence-corrected chi connectivity index (χ0v) is 23.0. The van der Waals surface area contributed by atoms with Crippen LogP contribution in [0.2, 0.25) is 5.02 Å². The van der Waals surface area contributed by atoms with Gasteiger partial charge in [-0.25, -0.2) is 10.2 Å². The number of halogens is 1. The topological polar surface area (TPSA) is 114 Å². The highest BCUT2D eigenvalue weighted by Gasteiger charge is 2.20. The Morgan fingerprint density at radius 2 is 1.56 bits per heavy atom. The second kappa shape index (κ2) is 13.9. The number of amides is 1. The first-order chi connectivity index (χ1) is 18.8. The van der Waals surface area contributed by atoms with Gasteiger partial charge in [0.15, 0.2) is 29.6 Å². The monoisotopic (exact) mass is 556 g/mol. The first kappa shape index (κ1) is 29.1. The van der Waals surface area contributed by atoms with Gasteiger partial charge in [0.25, 0.3) is 5.91 Å². The normalized spacial score (nSPS) is 10.6. The van der Waals surface area contributed by atoms with Gasteiger partial charge in [-0.3, -0.25) is 4.79 Å². The summed E-state index contributed by atoms with van der Waals surface area (Å²) in [5, 5.41) is 4.54. The van der Waals surface area contributed by atoms with Crippen molar-refractivity contribution >= 4 is 29.7 Å². The molecule has 0 aliphatic rings. The highest BCUT2D eigenvalue weighted by atomic mass is 35.5. The number of carbonyl (C=O) groups excluding carboxylic acids is 2. The summed E-state index contributed by atoms with van der Waals surface area (Å²) in [6.07, 6.45) is 1.43. The molecule has 206 valence electrons. The van der Waals surface area contributed by atoms with Crippen LogP contribution in [0.3, 0.4) is 0 Å². The molecule has 3 aromatic carbocycles. The number of rotatable bonds is 12. The van der Waals surface area contributed by atoms with Crippen molar-refractivity contribution in [2.75, 3.05) is 34.5 Å². The second-order valence-electron chi connectivity index (χ2n) is 7.93. The fourth-order valence-corrected chi connectivity index (χ4v) is 3.67. The summed E-state index contributed by atoms with van der Waals surface area (Å²) in [4.78, 5) is 25.0. The third kappa shape index (κ3) is 7.78. The van der Waals surface area contributed by atoms with Crippen LogP contribution in [0, 0.1) is 6.92 Å². The Balaban J connectivity index is 1.67. The van der Waals surface area contributed by atoms with Crippen LogP contribution in [0.15, 0.2) is 53.6 Å². The van der Waals surface area contributed by atoms with Crippen LogP contribution in [0.5, 0.6) is 34.5 Å². The number of nitrogens with zero attached hydrogens (tertiary/aromatic N) is 1. The van der Waals surface area contributed by atoms with E-state index in [0.29, 0.717) is 45.9 Å². The lowest BCUT2D eigenvalue weighted by Gasteiger charge is -2.15. The molecule has 39 heavy (non-hydrogen) atoms. The molecule has 0 aliphatic heterocycles. The number of nitrogens with one attached hydrogen (secondary N) is 1. The molecule has 0 fully saturated rings. The van der Waals surface area contributed by atoms with Gasteiger partial charge in [-0.1, -0.05) is 11.6 Å². The molecule has 0 aliphatic carbocycles. The summed E-state index contributed by atoms with van der Waals surface area (Å²) in [7, 11) is 4.38. The van der Waals surface area contributed by atoms with Crippen molar-refractivity contribution < 1.29 is 38.0 Å². The minimum absolute atomic E-state index is 0.191. The van der Waals surface area contributed by atoms with E-state index in [1.54, 1.807) is 43.3 Å². The van der Waals surface area contributed by atoms with Gasteiger partial charge in [-0.15, -0.1) is 0 Å². The molecule has 1 amide bonds. The lowest BCUT2D eigenvalue weighted by atomic mass is 10.1. The van der Waals surface area contributed by atoms with E-state index >= 15 is 0 Å². The van der Waals surface area contributed by atoms with Crippen LogP contribution in [-0.4, -0.2) is 52.6 Å². The Morgan fingerprint density at radius 3 is 2.18 bits per heavy atom. The predicted molar refractivity (Wildman–Crippen MR) is 146 cm³/mol. The molecule has 0 saturated heterocycles. The zero-order chi connectivity index (χ0) is 28.4. The van der Waals surface area contributed by atoms with Gasteiger partial charge in [0.05, 0.1) is 39.7 Å². The van der Waals surface area contributed by atoms with Crippen molar-refractivity contribution in [2.45, 2.75) is 13.8 Å². The molecule has 0 bridgehead atoms. The first-order valence-electron chi connectivity index (χ1n) is 11.8. The van der Waals surface area contributed by atoms with E-state index in [4.69, 9.17) is 40.0 Å². The fourth-order valence-electron chi connectivity index (χ4n) is 3.44. The van der Waals surface area contributed by atoms with Crippen LogP contribution in [0.25, 0.3) is 0 Å². The summed E-state index contributed by atoms with van der Waals surface area (Å²) in [5.74, 6) is 0.956. The largest absolute Gasteiger partial charge is 0.493 e. The number of benzene rings is 3. The van der Waals surface area contributed by atoms with Gasteiger partial charge < -0.3 is 28.4 Å². The third-order valence-electron chi connectivity index (χ3n) is 5.27. The van der Waals surface area contributed by atoms with Gasteiger partial charge in [0, 0.05) is 5.02 Å². The highest BCUT2D eigenvalue weighted by molar-refractivity contribution is 6.30. The second-order valence-corrected chi connectivity index (χ2v) is 8.37. The number of carbonyl (C=O) groups is 2. The number of ether oxygens (including phenoxy) is 6. The Bertz CT molecular complexity index is 1330. The molecule has 0 unspecified atom stereocenters. The van der Waals surface area contributed by atoms with Crippen LogP contribution in [0.1, 0.15) is 28.4 Å². The number of aryl methyl sites for hydroxylation is 1. The number of hydrazone groups is 1. The first-order valence-corrected chi connectivity index (χ1v) is 12.2. The standard InChI is InChI=1S/C28H29ClN2O8/c1-6-37-23-12-18(15-30-31-26(32)16-38-21-10-8-20(29)11-17(21)2)7-9-22(23)39-28(33)19-13-24(34-3)27(36-5)25(14-19)35-4/h7-15H,6,16H2,1-5H3,(H,31,32)/b30-15+. The van der Waals surface area contributed by atoms with Gasteiger partial charge in [-0.05, 0) is 73.5 Å². The van der Waals surface area contributed by atoms with Crippen molar-refractivity contribution in [1.29, 1.82) is 0 Å². The maximum Gasteiger partial charge on any atom is 0.343 e. The fraction of sp³-hybridized carbons (Fsp3) is 0.250. The SMILES string of the molecule is CCOc1cc(/C=N/NC(=O)COc2ccc(Cl)cc2C)ccc1OC(=O)c1cc(OC)c(OC)c(OC)c1. The molecule has 0 saturated carbocycles. The summed E-state index contributed by atoms with van der Waals surface area (Å²) in [5.41, 5.74) is 4.00. The Hall–Kier alpha value is -4.44. The summed E-state index contributed by atoms with van der Waals surface area (Å²) in [6, 6.07) is 13.0. The van der Waals surface area contributed by atoms with Crippen molar-refractivity contribution in [3.05, 3.63) is 70.2 Å². The average molecular weight is 557 g/mol. The smallest absolute Gasteiger partial charge is 0.343 e. The molecular formula is C28H29ClN2O8. The van der Waals surface area contributed by atoms with Crippen molar-refractivity contribution in [1.82, 2.24) is 5.43 Å². The maximum atomic E-state index is 12.9. The molecule has 1 N–H and O–H groups in total. The van der Waals surface area contributed by atoms with E-state index in [2.05, 4.69) is 10.5 Å². The van der Waals surface area contributed by atoms with Crippen LogP contribution >= 0.6 is 11.6 Å². The lowest BCUT2D eigenvalue weighted by molar-refractivity contribution is -0.123. The molecular weight excluding hydrogens is 528 g/mol. The van der Waals surface area contributed by atoms with Crippen LogP contribution in [0.4, 0.5) is 0 Å². The van der Waals surface area contributed by atoms with E-state index in [-0.39, 0.29) is 17.9 Å². The summed E-state index contributed by atoms with van der Waals surface area (Å²) >= 11 is 5.93. The Morgan fingerprint density at radius 1 is 0.872 bits per heavy atom. The molecule has 0 atom stereocenters. The molecule has 0 aromatic heterocycles. The lowest BCUT2D eigenvalue weighted by Crippen LogP contribution is -2.24. The maximum absolute atomic E-state index is 12.9. The van der Waals surface area contributed by atoms with E-state index in [9.17, 15) is 9.59 Å². The van der Waals surface area contributed by atoms with E-state index < -0.39 is 11.9 Å². The van der Waals surface area contributed by atoms with E-state index in [1.165, 1.54) is 39.7 Å². The third-order valence-corrected chi connectivity index (χ3v) is 5.50. The molecule has 0 spiro atoms. The van der Waals surface area contributed by atoms with Crippen molar-refractivity contribution in [2.24, 2.45) is 5.10 Å². The van der Waals surface area contributed by atoms with E-state index in [1.807, 2.05) is 6.92 Å². The molecule has 11 heteroatoms. The van der Waals surface area contributed by atoms with Crippen LogP contribution < -0.4 is 33.8 Å².